The van der Waals surface area contributed by atoms with Crippen LogP contribution in [0.2, 0.25) is 0 Å². The van der Waals surface area contributed by atoms with Gasteiger partial charge >= 0.3 is 0 Å². The summed E-state index contributed by atoms with van der Waals surface area (Å²) in [5, 5.41) is 42.9. The molecule has 4 aromatic heterocycles. The Labute approximate surface area is 354 Å². The standard InChI is InChI=1S/C22H19N3O2S2.C13H15NO3S.C8H5BrS/c1-23-19(22-24-18-4-2-3-5-20(18)29-22)14-17-12-15-6-7-16(13-21(15)28-17)25(8-10-26)9-11-27;15-5-3-14(4-6-16)11-2-1-10-7-12(9-17)18-13(10)8-11;9-7-2-1-6-3-4-10-8(6)5-7/h2-7,12-14,26-27H,8-11H2;1-2,7-9,15-16H,3-6H2;1-5H/b19-14-;;. The summed E-state index contributed by atoms with van der Waals surface area (Å²) in [6, 6.07) is 32.3. The summed E-state index contributed by atoms with van der Waals surface area (Å²) in [7, 11) is 0. The molecule has 4 N–H and O–H groups in total. The van der Waals surface area contributed by atoms with Crippen molar-refractivity contribution in [2.45, 2.75) is 0 Å². The van der Waals surface area contributed by atoms with Crippen molar-refractivity contribution in [1.82, 2.24) is 4.98 Å². The van der Waals surface area contributed by atoms with E-state index in [9.17, 15) is 15.0 Å². The molecule has 8 aromatic rings. The lowest BCUT2D eigenvalue weighted by Gasteiger charge is -2.22. The zero-order valence-electron chi connectivity index (χ0n) is 30.6. The molecule has 9 nitrogen and oxygen atoms in total. The maximum atomic E-state index is 10.7. The van der Waals surface area contributed by atoms with Crippen LogP contribution in [0.4, 0.5) is 11.4 Å². The first-order valence-corrected chi connectivity index (χ1v) is 22.0. The Morgan fingerprint density at radius 3 is 1.82 bits per heavy atom. The normalized spacial score (nSPS) is 11.3. The number of anilines is 2. The minimum absolute atomic E-state index is 0.0347. The molecule has 0 unspecified atom stereocenters. The molecule has 0 saturated carbocycles. The van der Waals surface area contributed by atoms with Crippen molar-refractivity contribution in [3.05, 3.63) is 133 Å². The molecule has 4 aromatic carbocycles. The van der Waals surface area contributed by atoms with E-state index in [0.29, 0.717) is 36.8 Å². The molecule has 292 valence electrons. The van der Waals surface area contributed by atoms with E-state index >= 15 is 0 Å². The van der Waals surface area contributed by atoms with Gasteiger partial charge in [0.2, 0.25) is 5.70 Å². The Bertz CT molecular complexity index is 2600. The minimum Gasteiger partial charge on any atom is -0.395 e. The number of para-hydroxylation sites is 1. The summed E-state index contributed by atoms with van der Waals surface area (Å²) in [5.41, 5.74) is 3.37. The van der Waals surface area contributed by atoms with E-state index in [2.05, 4.69) is 67.5 Å². The number of benzene rings is 4. The van der Waals surface area contributed by atoms with Gasteiger partial charge in [-0.25, -0.2) is 9.83 Å². The van der Waals surface area contributed by atoms with Crippen molar-refractivity contribution >= 4 is 131 Å². The summed E-state index contributed by atoms with van der Waals surface area (Å²) in [6.45, 7) is 9.69. The molecule has 4 heterocycles. The first-order valence-electron chi connectivity index (χ1n) is 17.9. The number of aldehydes is 1. The SMILES string of the molecule is Brc1ccc2ccsc2c1.O=Cc1cc2ccc(N(CCO)CCO)cc2s1.[C-]#[N+]/C(=C\c1cc2ccc(N(CCO)CCO)cc2s1)c1nc2ccccc2s1. The number of thiazole rings is 1. The van der Waals surface area contributed by atoms with Gasteiger partial charge in [-0.05, 0) is 94.3 Å². The summed E-state index contributed by atoms with van der Waals surface area (Å²) in [4.78, 5) is 24.6. The quantitative estimate of drug-likeness (QED) is 0.0667. The number of hydrogen-bond acceptors (Lipinski definition) is 12. The first-order chi connectivity index (χ1) is 27.9. The topological polar surface area (TPSA) is 122 Å². The van der Waals surface area contributed by atoms with Crippen molar-refractivity contribution in [3.8, 4) is 0 Å². The van der Waals surface area contributed by atoms with Crippen LogP contribution in [0.3, 0.4) is 0 Å². The zero-order chi connectivity index (χ0) is 40.1. The third-order valence-corrected chi connectivity index (χ3v) is 13.2. The van der Waals surface area contributed by atoms with Crippen LogP contribution in [0.5, 0.6) is 0 Å². The van der Waals surface area contributed by atoms with Crippen LogP contribution < -0.4 is 9.80 Å². The van der Waals surface area contributed by atoms with Crippen molar-refractivity contribution < 1.29 is 25.2 Å². The van der Waals surface area contributed by atoms with Gasteiger partial charge in [-0.3, -0.25) is 4.79 Å². The minimum atomic E-state index is 0.0347. The predicted octanol–water partition coefficient (Wildman–Crippen LogP) is 9.89. The Hall–Kier alpha value is -4.53. The van der Waals surface area contributed by atoms with Gasteiger partial charge in [-0.1, -0.05) is 46.3 Å². The highest BCUT2D eigenvalue weighted by atomic mass is 79.9. The van der Waals surface area contributed by atoms with E-state index in [4.69, 9.17) is 16.8 Å². The molecule has 0 atom stereocenters. The van der Waals surface area contributed by atoms with Gasteiger partial charge in [0.15, 0.2) is 6.29 Å². The Kier molecular flexibility index (Phi) is 15.3. The lowest BCUT2D eigenvalue weighted by atomic mass is 10.2. The number of aromatic nitrogens is 1. The van der Waals surface area contributed by atoms with Crippen LogP contribution >= 0.6 is 61.3 Å². The van der Waals surface area contributed by atoms with E-state index in [1.807, 2.05) is 76.5 Å². The summed E-state index contributed by atoms with van der Waals surface area (Å²) in [5.74, 6) is 0. The van der Waals surface area contributed by atoms with Crippen molar-refractivity contribution in [3.63, 3.8) is 0 Å². The van der Waals surface area contributed by atoms with E-state index < -0.39 is 0 Å². The van der Waals surface area contributed by atoms with Gasteiger partial charge in [0.05, 0.1) is 48.1 Å². The van der Waals surface area contributed by atoms with E-state index in [0.717, 1.165) is 62.4 Å². The highest BCUT2D eigenvalue weighted by molar-refractivity contribution is 9.10. The third-order valence-electron chi connectivity index (χ3n) is 8.70. The number of aliphatic hydroxyl groups is 4. The molecule has 0 aliphatic heterocycles. The average molecular weight is 900 g/mol. The van der Waals surface area contributed by atoms with Gasteiger partial charge in [0.25, 0.3) is 0 Å². The van der Waals surface area contributed by atoms with E-state index in [1.165, 1.54) is 32.8 Å². The van der Waals surface area contributed by atoms with Crippen LogP contribution in [0.1, 0.15) is 19.6 Å². The second-order valence-electron chi connectivity index (χ2n) is 12.5. The number of carbonyl (C=O) groups is 1. The Balaban J connectivity index is 0.000000165. The van der Waals surface area contributed by atoms with Crippen LogP contribution in [0, 0.1) is 6.57 Å². The predicted molar refractivity (Wildman–Crippen MR) is 245 cm³/mol. The molecule has 14 heteroatoms. The number of aliphatic hydroxyl groups excluding tert-OH is 4. The molecule has 0 radical (unpaired) electrons. The summed E-state index contributed by atoms with van der Waals surface area (Å²) in [6.07, 6.45) is 2.75. The fourth-order valence-electron chi connectivity index (χ4n) is 6.01. The van der Waals surface area contributed by atoms with E-state index in [-0.39, 0.29) is 26.4 Å². The maximum Gasteiger partial charge on any atom is 0.223 e. The average Bonchev–Trinajstić information content (AvgIpc) is 4.04. The second kappa shape index (κ2) is 20.8. The van der Waals surface area contributed by atoms with Gasteiger partial charge < -0.3 is 30.2 Å². The van der Waals surface area contributed by atoms with Crippen molar-refractivity contribution in [1.29, 1.82) is 0 Å². The fraction of sp³-hybridized carbons (Fsp3) is 0.186. The number of nitrogens with zero attached hydrogens (tertiary/aromatic N) is 4. The second-order valence-corrected chi connectivity index (χ2v) is 17.6. The molecule has 0 saturated heterocycles. The fourth-order valence-corrected chi connectivity index (χ4v) is 10.2. The van der Waals surface area contributed by atoms with Crippen LogP contribution in [-0.4, -0.2) is 84.3 Å². The molecule has 57 heavy (non-hydrogen) atoms. The maximum absolute atomic E-state index is 10.7. The monoisotopic (exact) mass is 898 g/mol. The molecule has 0 bridgehead atoms. The van der Waals surface area contributed by atoms with Gasteiger partial charge in [-0.15, -0.1) is 45.3 Å². The van der Waals surface area contributed by atoms with Gasteiger partial charge in [0, 0.05) is 61.0 Å². The van der Waals surface area contributed by atoms with Crippen molar-refractivity contribution in [2.24, 2.45) is 0 Å². The molecule has 0 amide bonds. The molecule has 0 fully saturated rings. The molecule has 8 rings (SSSR count). The number of thiophene rings is 3. The Morgan fingerprint density at radius 2 is 1.25 bits per heavy atom. The number of hydrogen-bond donors (Lipinski definition) is 4. The summed E-state index contributed by atoms with van der Waals surface area (Å²) < 4.78 is 5.71. The van der Waals surface area contributed by atoms with Gasteiger partial charge in [-0.2, -0.15) is 0 Å². The highest BCUT2D eigenvalue weighted by Crippen LogP contribution is 2.35. The Morgan fingerprint density at radius 1 is 0.667 bits per heavy atom. The molecule has 0 aliphatic rings. The highest BCUT2D eigenvalue weighted by Gasteiger charge is 2.12. The van der Waals surface area contributed by atoms with Crippen molar-refractivity contribution in [2.75, 3.05) is 62.4 Å². The third kappa shape index (κ3) is 10.9. The van der Waals surface area contributed by atoms with Gasteiger partial charge in [0.1, 0.15) is 5.01 Å². The number of rotatable bonds is 13. The molecular weight excluding hydrogens is 861 g/mol. The summed E-state index contributed by atoms with van der Waals surface area (Å²) >= 11 is 9.79. The van der Waals surface area contributed by atoms with E-state index in [1.54, 1.807) is 22.7 Å². The van der Waals surface area contributed by atoms with Crippen LogP contribution in [-0.2, 0) is 0 Å². The van der Waals surface area contributed by atoms with Crippen LogP contribution in [0.25, 0.3) is 57.1 Å². The smallest absolute Gasteiger partial charge is 0.223 e. The lowest BCUT2D eigenvalue weighted by Crippen LogP contribution is -2.29. The number of carbonyl (C=O) groups excluding carboxylic acids is 1. The number of fused-ring (bicyclic) bond motifs is 4. The molecular formula is C43H39BrN4O5S4. The lowest BCUT2D eigenvalue weighted by molar-refractivity contribution is 0.112. The van der Waals surface area contributed by atoms with Crippen LogP contribution in [0.15, 0.2) is 107 Å². The first kappa shape index (κ1) is 42.1. The number of halogens is 1. The molecule has 0 spiro atoms. The molecule has 0 aliphatic carbocycles. The largest absolute Gasteiger partial charge is 0.395 e. The zero-order valence-corrected chi connectivity index (χ0v) is 35.5.